The summed E-state index contributed by atoms with van der Waals surface area (Å²) in [5, 5.41) is 7.85. The predicted molar refractivity (Wildman–Crippen MR) is 128 cm³/mol. The molecule has 0 saturated carbocycles. The number of fused-ring (bicyclic) bond motifs is 1. The molecule has 8 heteroatoms. The molecule has 1 aliphatic heterocycles. The van der Waals surface area contributed by atoms with Crippen molar-refractivity contribution in [1.29, 1.82) is 0 Å². The molecule has 0 radical (unpaired) electrons. The molecule has 2 aromatic heterocycles. The van der Waals surface area contributed by atoms with Crippen LogP contribution in [0.25, 0.3) is 16.9 Å². The number of aryl methyl sites for hydroxylation is 2. The van der Waals surface area contributed by atoms with Crippen molar-refractivity contribution in [3.63, 3.8) is 0 Å². The molecule has 1 saturated heterocycles. The number of nitrogens with one attached hydrogen (secondary N) is 1. The summed E-state index contributed by atoms with van der Waals surface area (Å²) in [6.07, 6.45) is 3.61. The number of likely N-dealkylation sites (tertiary alicyclic amines) is 1. The lowest BCUT2D eigenvalue weighted by Crippen LogP contribution is -2.33. The Morgan fingerprint density at radius 2 is 1.76 bits per heavy atom. The first-order valence-electron chi connectivity index (χ1n) is 11.6. The van der Waals surface area contributed by atoms with E-state index in [9.17, 15) is 4.79 Å². The fourth-order valence-corrected chi connectivity index (χ4v) is 4.47. The minimum Gasteiger partial charge on any atom is -0.497 e. The van der Waals surface area contributed by atoms with Crippen LogP contribution in [0, 0.1) is 13.8 Å². The van der Waals surface area contributed by atoms with Crippen molar-refractivity contribution in [3.05, 3.63) is 41.2 Å². The third kappa shape index (κ3) is 5.27. The lowest BCUT2D eigenvalue weighted by molar-refractivity contribution is -0.121. The van der Waals surface area contributed by atoms with E-state index in [-0.39, 0.29) is 5.91 Å². The van der Waals surface area contributed by atoms with Crippen molar-refractivity contribution in [1.82, 2.24) is 24.8 Å². The van der Waals surface area contributed by atoms with Crippen molar-refractivity contribution in [2.24, 2.45) is 0 Å². The zero-order valence-corrected chi connectivity index (χ0v) is 20.0. The van der Waals surface area contributed by atoms with Gasteiger partial charge >= 0.3 is 0 Å². The Bertz CT molecular complexity index is 1110. The fraction of sp³-hybridized carbons (Fsp3) is 0.480. The maximum absolute atomic E-state index is 12.4. The summed E-state index contributed by atoms with van der Waals surface area (Å²) >= 11 is 0. The van der Waals surface area contributed by atoms with Gasteiger partial charge in [-0.2, -0.15) is 5.10 Å². The Morgan fingerprint density at radius 3 is 2.42 bits per heavy atom. The number of rotatable bonds is 9. The fourth-order valence-electron chi connectivity index (χ4n) is 4.47. The molecule has 1 amide bonds. The molecule has 0 aliphatic carbocycles. The average molecular weight is 452 g/mol. The Kier molecular flexibility index (Phi) is 7.13. The van der Waals surface area contributed by atoms with Gasteiger partial charge in [-0.05, 0) is 63.9 Å². The topological polar surface area (TPSA) is 81.0 Å². The summed E-state index contributed by atoms with van der Waals surface area (Å²) in [5.74, 6) is 1.50. The summed E-state index contributed by atoms with van der Waals surface area (Å²) in [5.41, 5.74) is 5.46. The molecule has 3 aromatic rings. The molecular formula is C25H33N5O3. The highest BCUT2D eigenvalue weighted by Crippen LogP contribution is 2.30. The second kappa shape index (κ2) is 10.2. The second-order valence-electron chi connectivity index (χ2n) is 8.56. The number of benzene rings is 1. The van der Waals surface area contributed by atoms with Crippen molar-refractivity contribution < 1.29 is 14.3 Å². The number of amides is 1. The van der Waals surface area contributed by atoms with Crippen molar-refractivity contribution in [2.45, 2.75) is 39.5 Å². The number of methoxy groups -OCH3 is 2. The van der Waals surface area contributed by atoms with Crippen LogP contribution in [0.2, 0.25) is 0 Å². The van der Waals surface area contributed by atoms with Crippen LogP contribution in [0.4, 0.5) is 0 Å². The van der Waals surface area contributed by atoms with Gasteiger partial charge in [-0.25, -0.2) is 9.50 Å². The first kappa shape index (κ1) is 23.0. The normalized spacial score (nSPS) is 14.1. The minimum atomic E-state index is 0.0812. The molecule has 33 heavy (non-hydrogen) atoms. The molecule has 0 spiro atoms. The zero-order valence-electron chi connectivity index (χ0n) is 20.0. The van der Waals surface area contributed by atoms with E-state index in [1.807, 2.05) is 42.6 Å². The summed E-state index contributed by atoms with van der Waals surface area (Å²) in [7, 11) is 3.26. The van der Waals surface area contributed by atoms with E-state index in [4.69, 9.17) is 19.6 Å². The van der Waals surface area contributed by atoms with Crippen LogP contribution in [0.15, 0.2) is 24.3 Å². The lowest BCUT2D eigenvalue weighted by atomic mass is 10.1. The zero-order chi connectivity index (χ0) is 23.4. The quantitative estimate of drug-likeness (QED) is 0.538. The Hall–Kier alpha value is -3.13. The molecule has 0 atom stereocenters. The molecule has 1 N–H and O–H groups in total. The number of aromatic nitrogens is 3. The van der Waals surface area contributed by atoms with Gasteiger partial charge in [0.25, 0.3) is 0 Å². The standard InChI is InChI=1S/C25H33N5O3/c1-17-22(7-8-25(31)26-9-12-29-10-5-6-11-29)18(2)30-24(27-17)16-23(28-30)19-13-20(32-3)15-21(14-19)33-4/h13-16H,5-12H2,1-4H3,(H,26,31). The van der Waals surface area contributed by atoms with Gasteiger partial charge in [-0.15, -0.1) is 0 Å². The highest BCUT2D eigenvalue weighted by atomic mass is 16.5. The number of ether oxygens (including phenoxy) is 2. The van der Waals surface area contributed by atoms with E-state index in [1.54, 1.807) is 14.2 Å². The van der Waals surface area contributed by atoms with Crippen LogP contribution in [-0.2, 0) is 11.2 Å². The number of carbonyl (C=O) groups excluding carboxylic acids is 1. The molecule has 1 fully saturated rings. The summed E-state index contributed by atoms with van der Waals surface area (Å²) in [6, 6.07) is 7.66. The second-order valence-corrected chi connectivity index (χ2v) is 8.56. The Balaban J connectivity index is 1.48. The van der Waals surface area contributed by atoms with Crippen LogP contribution in [0.3, 0.4) is 0 Å². The van der Waals surface area contributed by atoms with Crippen LogP contribution < -0.4 is 14.8 Å². The highest BCUT2D eigenvalue weighted by Gasteiger charge is 2.16. The van der Waals surface area contributed by atoms with E-state index in [0.717, 1.165) is 53.5 Å². The minimum absolute atomic E-state index is 0.0812. The van der Waals surface area contributed by atoms with Gasteiger partial charge in [0.15, 0.2) is 5.65 Å². The third-order valence-electron chi connectivity index (χ3n) is 6.36. The van der Waals surface area contributed by atoms with E-state index < -0.39 is 0 Å². The summed E-state index contributed by atoms with van der Waals surface area (Å²) in [4.78, 5) is 19.6. The highest BCUT2D eigenvalue weighted by molar-refractivity contribution is 5.76. The summed E-state index contributed by atoms with van der Waals surface area (Å²) < 4.78 is 12.6. The van der Waals surface area contributed by atoms with Gasteiger partial charge in [-0.1, -0.05) is 0 Å². The van der Waals surface area contributed by atoms with E-state index in [0.29, 0.717) is 30.9 Å². The Morgan fingerprint density at radius 1 is 1.06 bits per heavy atom. The van der Waals surface area contributed by atoms with Crippen molar-refractivity contribution in [3.8, 4) is 22.8 Å². The van der Waals surface area contributed by atoms with Crippen molar-refractivity contribution >= 4 is 11.6 Å². The molecule has 0 unspecified atom stereocenters. The monoisotopic (exact) mass is 451 g/mol. The number of hydrogen-bond donors (Lipinski definition) is 1. The van der Waals surface area contributed by atoms with Crippen LogP contribution in [-0.4, -0.2) is 65.8 Å². The first-order valence-corrected chi connectivity index (χ1v) is 11.6. The Labute approximate surface area is 194 Å². The van der Waals surface area contributed by atoms with E-state index in [2.05, 4.69) is 10.2 Å². The average Bonchev–Trinajstić information content (AvgIpc) is 3.48. The maximum atomic E-state index is 12.4. The van der Waals surface area contributed by atoms with Gasteiger partial charge in [0.05, 0.1) is 19.9 Å². The smallest absolute Gasteiger partial charge is 0.220 e. The molecular weight excluding hydrogens is 418 g/mol. The number of nitrogens with zero attached hydrogens (tertiary/aromatic N) is 4. The van der Waals surface area contributed by atoms with Gasteiger partial charge in [0, 0.05) is 48.6 Å². The van der Waals surface area contributed by atoms with Crippen LogP contribution in [0.1, 0.15) is 36.2 Å². The van der Waals surface area contributed by atoms with Gasteiger partial charge in [0.1, 0.15) is 11.5 Å². The molecule has 1 aliphatic rings. The molecule has 8 nitrogen and oxygen atoms in total. The number of hydrogen-bond acceptors (Lipinski definition) is 6. The van der Waals surface area contributed by atoms with E-state index in [1.165, 1.54) is 12.8 Å². The molecule has 3 heterocycles. The first-order chi connectivity index (χ1) is 16.0. The van der Waals surface area contributed by atoms with Gasteiger partial charge < -0.3 is 19.7 Å². The van der Waals surface area contributed by atoms with Crippen LogP contribution in [0.5, 0.6) is 11.5 Å². The third-order valence-corrected chi connectivity index (χ3v) is 6.36. The van der Waals surface area contributed by atoms with Gasteiger partial charge in [0.2, 0.25) is 5.91 Å². The lowest BCUT2D eigenvalue weighted by Gasteiger charge is -2.15. The molecule has 1 aromatic carbocycles. The predicted octanol–water partition coefficient (Wildman–Crippen LogP) is 3.17. The number of carbonyl (C=O) groups is 1. The van der Waals surface area contributed by atoms with E-state index >= 15 is 0 Å². The molecule has 4 rings (SSSR count). The van der Waals surface area contributed by atoms with Crippen LogP contribution >= 0.6 is 0 Å². The van der Waals surface area contributed by atoms with Crippen molar-refractivity contribution in [2.75, 3.05) is 40.4 Å². The largest absolute Gasteiger partial charge is 0.497 e. The molecule has 176 valence electrons. The summed E-state index contributed by atoms with van der Waals surface area (Å²) in [6.45, 7) is 7.96. The molecule has 0 bridgehead atoms. The SMILES string of the molecule is COc1cc(OC)cc(-c2cc3nc(C)c(CCC(=O)NCCN4CCCC4)c(C)n3n2)c1. The maximum Gasteiger partial charge on any atom is 0.220 e. The van der Waals surface area contributed by atoms with Gasteiger partial charge in [-0.3, -0.25) is 4.79 Å².